The van der Waals surface area contributed by atoms with Gasteiger partial charge in [-0.05, 0) is 18.6 Å². The number of hydrogen-bond donors (Lipinski definition) is 2. The lowest BCUT2D eigenvalue weighted by Crippen LogP contribution is -2.10. The van der Waals surface area contributed by atoms with E-state index in [0.29, 0.717) is 35.9 Å². The minimum Gasteiger partial charge on any atom is -0.493 e. The molecular weight excluding hydrogens is 274 g/mol. The standard InChI is InChI=1S/C14H19N3O4/c1-20-13-5-2-3-6-14(13)21-10-12-11(9-19)15-16-17(12)7-4-8-18/h2-3,5-6,18-19H,4,7-10H2,1H3. The summed E-state index contributed by atoms with van der Waals surface area (Å²) < 4.78 is 12.6. The molecule has 0 amide bonds. The Balaban J connectivity index is 2.12. The zero-order chi connectivity index (χ0) is 15.1. The summed E-state index contributed by atoms with van der Waals surface area (Å²) in [5.74, 6) is 1.25. The smallest absolute Gasteiger partial charge is 0.161 e. The molecule has 1 aromatic carbocycles. The summed E-state index contributed by atoms with van der Waals surface area (Å²) in [7, 11) is 1.58. The van der Waals surface area contributed by atoms with Gasteiger partial charge >= 0.3 is 0 Å². The molecule has 1 aromatic heterocycles. The Hall–Kier alpha value is -2.12. The summed E-state index contributed by atoms with van der Waals surface area (Å²) in [6.45, 7) is 0.605. The highest BCUT2D eigenvalue weighted by molar-refractivity contribution is 5.39. The van der Waals surface area contributed by atoms with Gasteiger partial charge in [-0.3, -0.25) is 0 Å². The van der Waals surface area contributed by atoms with E-state index >= 15 is 0 Å². The summed E-state index contributed by atoms with van der Waals surface area (Å²) in [6.07, 6.45) is 0.565. The van der Waals surface area contributed by atoms with Crippen molar-refractivity contribution in [3.63, 3.8) is 0 Å². The van der Waals surface area contributed by atoms with Gasteiger partial charge in [-0.15, -0.1) is 5.10 Å². The normalized spacial score (nSPS) is 10.6. The van der Waals surface area contributed by atoms with Gasteiger partial charge in [0, 0.05) is 13.2 Å². The van der Waals surface area contributed by atoms with Crippen LogP contribution < -0.4 is 9.47 Å². The molecule has 2 N–H and O–H groups in total. The molecule has 0 atom stereocenters. The molecule has 0 bridgehead atoms. The minimum atomic E-state index is -0.205. The maximum absolute atomic E-state index is 9.31. The average Bonchev–Trinajstić information content (AvgIpc) is 2.93. The maximum Gasteiger partial charge on any atom is 0.161 e. The number of hydrogen-bond acceptors (Lipinski definition) is 6. The number of aromatic nitrogens is 3. The Labute approximate surface area is 122 Å². The molecule has 0 spiro atoms. The number of methoxy groups -OCH3 is 1. The lowest BCUT2D eigenvalue weighted by molar-refractivity contribution is 0.249. The van der Waals surface area contributed by atoms with Crippen molar-refractivity contribution in [2.24, 2.45) is 0 Å². The minimum absolute atomic E-state index is 0.0706. The number of nitrogens with zero attached hydrogens (tertiary/aromatic N) is 3. The zero-order valence-corrected chi connectivity index (χ0v) is 11.9. The predicted molar refractivity (Wildman–Crippen MR) is 75.0 cm³/mol. The topological polar surface area (TPSA) is 89.6 Å². The Bertz CT molecular complexity index is 571. The second-order valence-corrected chi connectivity index (χ2v) is 4.38. The quantitative estimate of drug-likeness (QED) is 0.746. The summed E-state index contributed by atoms with van der Waals surface area (Å²) in [4.78, 5) is 0. The van der Waals surface area contributed by atoms with Crippen molar-refractivity contribution in [3.8, 4) is 11.5 Å². The van der Waals surface area contributed by atoms with Crippen LogP contribution in [-0.4, -0.2) is 38.9 Å². The Kier molecular flexibility index (Phi) is 5.53. The van der Waals surface area contributed by atoms with Crippen molar-refractivity contribution in [1.82, 2.24) is 15.0 Å². The molecule has 7 heteroatoms. The van der Waals surface area contributed by atoms with Crippen molar-refractivity contribution in [2.75, 3.05) is 13.7 Å². The van der Waals surface area contributed by atoms with Gasteiger partial charge in [0.25, 0.3) is 0 Å². The van der Waals surface area contributed by atoms with Crippen molar-refractivity contribution >= 4 is 0 Å². The van der Waals surface area contributed by atoms with Crippen LogP contribution in [0.4, 0.5) is 0 Å². The van der Waals surface area contributed by atoms with Gasteiger partial charge in [-0.1, -0.05) is 17.3 Å². The molecule has 0 saturated heterocycles. The monoisotopic (exact) mass is 293 g/mol. The number of rotatable bonds is 8. The fraction of sp³-hybridized carbons (Fsp3) is 0.429. The molecule has 0 aliphatic heterocycles. The van der Waals surface area contributed by atoms with Crippen molar-refractivity contribution in [2.45, 2.75) is 26.2 Å². The van der Waals surface area contributed by atoms with E-state index in [1.54, 1.807) is 17.9 Å². The number of para-hydroxylation sites is 2. The third kappa shape index (κ3) is 3.71. The first-order valence-corrected chi connectivity index (χ1v) is 6.69. The summed E-state index contributed by atoms with van der Waals surface area (Å²) >= 11 is 0. The highest BCUT2D eigenvalue weighted by Gasteiger charge is 2.13. The van der Waals surface area contributed by atoms with Gasteiger partial charge in [0.1, 0.15) is 18.0 Å². The molecule has 0 aliphatic rings. The largest absolute Gasteiger partial charge is 0.493 e. The first-order valence-electron chi connectivity index (χ1n) is 6.69. The van der Waals surface area contributed by atoms with Crippen molar-refractivity contribution in [3.05, 3.63) is 35.7 Å². The fourth-order valence-corrected chi connectivity index (χ4v) is 1.93. The number of aryl methyl sites for hydroxylation is 1. The zero-order valence-electron chi connectivity index (χ0n) is 11.9. The molecule has 0 saturated carbocycles. The first kappa shape index (κ1) is 15.3. The molecule has 7 nitrogen and oxygen atoms in total. The van der Waals surface area contributed by atoms with Gasteiger partial charge < -0.3 is 19.7 Å². The van der Waals surface area contributed by atoms with Crippen LogP contribution in [0.3, 0.4) is 0 Å². The fourth-order valence-electron chi connectivity index (χ4n) is 1.93. The van der Waals surface area contributed by atoms with Crippen LogP contribution in [-0.2, 0) is 19.8 Å². The van der Waals surface area contributed by atoms with E-state index in [2.05, 4.69) is 10.3 Å². The third-order valence-electron chi connectivity index (χ3n) is 3.03. The SMILES string of the molecule is COc1ccccc1OCc1c(CO)nnn1CCCO. The van der Waals surface area contributed by atoms with Gasteiger partial charge in [-0.2, -0.15) is 0 Å². The number of aliphatic hydroxyl groups is 2. The van der Waals surface area contributed by atoms with E-state index in [1.165, 1.54) is 0 Å². The molecule has 2 rings (SSSR count). The van der Waals surface area contributed by atoms with E-state index in [9.17, 15) is 5.11 Å². The van der Waals surface area contributed by atoms with Crippen LogP contribution in [0.15, 0.2) is 24.3 Å². The van der Waals surface area contributed by atoms with Crippen LogP contribution in [0.5, 0.6) is 11.5 Å². The van der Waals surface area contributed by atoms with E-state index in [1.807, 2.05) is 18.2 Å². The van der Waals surface area contributed by atoms with Crippen molar-refractivity contribution in [1.29, 1.82) is 0 Å². The van der Waals surface area contributed by atoms with Crippen LogP contribution in [0.1, 0.15) is 17.8 Å². The lowest BCUT2D eigenvalue weighted by Gasteiger charge is -2.11. The molecule has 0 aliphatic carbocycles. The van der Waals surface area contributed by atoms with Gasteiger partial charge in [0.05, 0.1) is 13.7 Å². The van der Waals surface area contributed by atoms with Crippen LogP contribution in [0.2, 0.25) is 0 Å². The number of benzene rings is 1. The summed E-state index contributed by atoms with van der Waals surface area (Å²) in [5, 5.41) is 26.1. The summed E-state index contributed by atoms with van der Waals surface area (Å²) in [5.41, 5.74) is 1.17. The second-order valence-electron chi connectivity index (χ2n) is 4.38. The maximum atomic E-state index is 9.31. The molecular formula is C14H19N3O4. The lowest BCUT2D eigenvalue weighted by atomic mass is 10.3. The van der Waals surface area contributed by atoms with E-state index in [-0.39, 0.29) is 19.8 Å². The molecule has 0 fully saturated rings. The Morgan fingerprint density at radius 1 is 1.19 bits per heavy atom. The Morgan fingerprint density at radius 2 is 1.95 bits per heavy atom. The average molecular weight is 293 g/mol. The van der Waals surface area contributed by atoms with Crippen LogP contribution in [0.25, 0.3) is 0 Å². The second kappa shape index (κ2) is 7.61. The number of aliphatic hydroxyl groups excluding tert-OH is 2. The van der Waals surface area contributed by atoms with Gasteiger partial charge in [0.15, 0.2) is 11.5 Å². The van der Waals surface area contributed by atoms with Crippen LogP contribution in [0, 0.1) is 0 Å². The molecule has 0 radical (unpaired) electrons. The van der Waals surface area contributed by atoms with Gasteiger partial charge in [0.2, 0.25) is 0 Å². The molecule has 2 aromatic rings. The van der Waals surface area contributed by atoms with E-state index in [4.69, 9.17) is 14.6 Å². The molecule has 114 valence electrons. The van der Waals surface area contributed by atoms with E-state index in [0.717, 1.165) is 0 Å². The van der Waals surface area contributed by atoms with Gasteiger partial charge in [-0.25, -0.2) is 4.68 Å². The van der Waals surface area contributed by atoms with Crippen LogP contribution >= 0.6 is 0 Å². The van der Waals surface area contributed by atoms with E-state index < -0.39 is 0 Å². The molecule has 21 heavy (non-hydrogen) atoms. The first-order chi connectivity index (χ1) is 10.3. The Morgan fingerprint density at radius 3 is 2.62 bits per heavy atom. The molecule has 0 unspecified atom stereocenters. The number of ether oxygens (including phenoxy) is 2. The summed E-state index contributed by atoms with van der Waals surface area (Å²) in [6, 6.07) is 7.33. The van der Waals surface area contributed by atoms with Crippen molar-refractivity contribution < 1.29 is 19.7 Å². The highest BCUT2D eigenvalue weighted by Crippen LogP contribution is 2.26. The third-order valence-corrected chi connectivity index (χ3v) is 3.03. The molecule has 1 heterocycles. The highest BCUT2D eigenvalue weighted by atomic mass is 16.5. The predicted octanol–water partition coefficient (Wildman–Crippen LogP) is 0.740.